The lowest BCUT2D eigenvalue weighted by Crippen LogP contribution is -2.49. The topological polar surface area (TPSA) is 66.6 Å². The molecule has 2 amide bonds. The van der Waals surface area contributed by atoms with Crippen LogP contribution in [0.25, 0.3) is 0 Å². The number of hydrogen-bond acceptors (Lipinski definition) is 3. The molecule has 1 saturated carbocycles. The number of rotatable bonds is 4. The van der Waals surface area contributed by atoms with Crippen LogP contribution in [-0.2, 0) is 4.79 Å². The van der Waals surface area contributed by atoms with Crippen molar-refractivity contribution in [1.82, 2.24) is 9.80 Å². The number of amides is 2. The highest BCUT2D eigenvalue weighted by atomic mass is 19.1. The van der Waals surface area contributed by atoms with Crippen molar-refractivity contribution in [2.24, 2.45) is 5.73 Å². The van der Waals surface area contributed by atoms with Crippen molar-refractivity contribution in [1.29, 1.82) is 0 Å². The van der Waals surface area contributed by atoms with Gasteiger partial charge >= 0.3 is 0 Å². The third-order valence-corrected chi connectivity index (χ3v) is 5.17. The van der Waals surface area contributed by atoms with Crippen LogP contribution in [0.1, 0.15) is 61.5 Å². The molecule has 3 rings (SSSR count). The van der Waals surface area contributed by atoms with Gasteiger partial charge in [-0.25, -0.2) is 4.39 Å². The fourth-order valence-corrected chi connectivity index (χ4v) is 3.59. The van der Waals surface area contributed by atoms with E-state index in [-0.39, 0.29) is 29.9 Å². The van der Waals surface area contributed by atoms with Crippen LogP contribution in [0.2, 0.25) is 0 Å². The van der Waals surface area contributed by atoms with Crippen molar-refractivity contribution in [3.8, 4) is 0 Å². The molecule has 1 aliphatic heterocycles. The molecule has 0 aromatic heterocycles. The van der Waals surface area contributed by atoms with Crippen molar-refractivity contribution in [3.63, 3.8) is 0 Å². The lowest BCUT2D eigenvalue weighted by atomic mass is 10.00. The molecule has 1 heterocycles. The molecular weight excluding hydrogens is 321 g/mol. The first-order valence-electron chi connectivity index (χ1n) is 9.01. The molecule has 1 aromatic rings. The maximum Gasteiger partial charge on any atom is 0.254 e. The van der Waals surface area contributed by atoms with E-state index in [1.54, 1.807) is 19.9 Å². The minimum atomic E-state index is -0.430. The van der Waals surface area contributed by atoms with Gasteiger partial charge in [0.25, 0.3) is 5.91 Å². The summed E-state index contributed by atoms with van der Waals surface area (Å²) >= 11 is 0. The fraction of sp³-hybridized carbons (Fsp3) is 0.579. The van der Waals surface area contributed by atoms with Gasteiger partial charge in [-0.1, -0.05) is 0 Å². The molecule has 1 unspecified atom stereocenters. The van der Waals surface area contributed by atoms with Gasteiger partial charge in [-0.2, -0.15) is 0 Å². The molecule has 1 aromatic carbocycles. The first-order chi connectivity index (χ1) is 11.9. The van der Waals surface area contributed by atoms with Crippen molar-refractivity contribution >= 4 is 11.8 Å². The first-order valence-corrected chi connectivity index (χ1v) is 9.01. The van der Waals surface area contributed by atoms with E-state index >= 15 is 0 Å². The summed E-state index contributed by atoms with van der Waals surface area (Å²) in [5, 5.41) is 0. The van der Waals surface area contributed by atoms with Gasteiger partial charge in [-0.15, -0.1) is 0 Å². The molecule has 0 bridgehead atoms. The summed E-state index contributed by atoms with van der Waals surface area (Å²) in [5.74, 6) is -0.472. The standard InChI is InChI=1S/C19H26FN3O2/c1-12(21)14-9-15(11-16(20)10-14)19(25)23(17-3-4-17)18-5-7-22(8-6-18)13(2)24/h9-12,17-18H,3-8,21H2,1-2H3. The Morgan fingerprint density at radius 2 is 1.76 bits per heavy atom. The molecular formula is C19H26FN3O2. The molecule has 0 radical (unpaired) electrons. The van der Waals surface area contributed by atoms with Gasteiger partial charge in [-0.3, -0.25) is 9.59 Å². The Balaban J connectivity index is 1.80. The van der Waals surface area contributed by atoms with Crippen LogP contribution in [0.4, 0.5) is 4.39 Å². The van der Waals surface area contributed by atoms with Gasteiger partial charge < -0.3 is 15.5 Å². The number of hydrogen-bond donors (Lipinski definition) is 1. The van der Waals surface area contributed by atoms with Crippen LogP contribution in [0, 0.1) is 5.82 Å². The highest BCUT2D eigenvalue weighted by Crippen LogP contribution is 2.33. The zero-order valence-electron chi connectivity index (χ0n) is 14.9. The Morgan fingerprint density at radius 1 is 1.16 bits per heavy atom. The highest BCUT2D eigenvalue weighted by Gasteiger charge is 2.39. The van der Waals surface area contributed by atoms with E-state index < -0.39 is 5.82 Å². The van der Waals surface area contributed by atoms with E-state index in [4.69, 9.17) is 5.73 Å². The van der Waals surface area contributed by atoms with Gasteiger partial charge in [0.1, 0.15) is 5.82 Å². The van der Waals surface area contributed by atoms with Crippen LogP contribution < -0.4 is 5.73 Å². The predicted octanol–water partition coefficient (Wildman–Crippen LogP) is 2.46. The summed E-state index contributed by atoms with van der Waals surface area (Å²) in [7, 11) is 0. The SMILES string of the molecule is CC(=O)N1CCC(N(C(=O)c2cc(F)cc(C(C)N)c2)C2CC2)CC1. The molecule has 1 atom stereocenters. The average Bonchev–Trinajstić information content (AvgIpc) is 3.39. The summed E-state index contributed by atoms with van der Waals surface area (Å²) in [4.78, 5) is 28.4. The van der Waals surface area contributed by atoms with E-state index in [0.717, 1.165) is 25.7 Å². The summed E-state index contributed by atoms with van der Waals surface area (Å²) in [6.07, 6.45) is 3.54. The molecule has 2 aliphatic rings. The Kier molecular flexibility index (Phi) is 5.08. The molecule has 6 heteroatoms. The van der Waals surface area contributed by atoms with Gasteiger partial charge in [-0.05, 0) is 56.4 Å². The zero-order valence-corrected chi connectivity index (χ0v) is 14.9. The summed E-state index contributed by atoms with van der Waals surface area (Å²) in [5.41, 5.74) is 6.86. The first kappa shape index (κ1) is 17.9. The van der Waals surface area contributed by atoms with E-state index in [9.17, 15) is 14.0 Å². The smallest absolute Gasteiger partial charge is 0.254 e. The summed E-state index contributed by atoms with van der Waals surface area (Å²) in [6, 6.07) is 4.41. The molecule has 136 valence electrons. The Morgan fingerprint density at radius 3 is 2.28 bits per heavy atom. The molecule has 1 aliphatic carbocycles. The third kappa shape index (κ3) is 4.00. The normalized spacial score (nSPS) is 19.6. The Hall–Kier alpha value is -1.95. The number of benzene rings is 1. The minimum Gasteiger partial charge on any atom is -0.343 e. The number of piperidine rings is 1. The second-order valence-corrected chi connectivity index (χ2v) is 7.24. The molecule has 2 N–H and O–H groups in total. The predicted molar refractivity (Wildman–Crippen MR) is 93.5 cm³/mol. The quantitative estimate of drug-likeness (QED) is 0.910. The van der Waals surface area contributed by atoms with E-state index in [1.807, 2.05) is 9.80 Å². The number of halogens is 1. The van der Waals surface area contributed by atoms with Crippen molar-refractivity contribution in [2.45, 2.75) is 57.7 Å². The van der Waals surface area contributed by atoms with Crippen LogP contribution in [0.15, 0.2) is 18.2 Å². The molecule has 5 nitrogen and oxygen atoms in total. The van der Waals surface area contributed by atoms with Crippen LogP contribution in [0.5, 0.6) is 0 Å². The number of likely N-dealkylation sites (tertiary alicyclic amines) is 1. The number of nitrogens with two attached hydrogens (primary N) is 1. The maximum absolute atomic E-state index is 13.9. The van der Waals surface area contributed by atoms with Crippen molar-refractivity contribution in [2.75, 3.05) is 13.1 Å². The van der Waals surface area contributed by atoms with Gasteiger partial charge in [0, 0.05) is 43.7 Å². The summed E-state index contributed by atoms with van der Waals surface area (Å²) < 4.78 is 13.9. The minimum absolute atomic E-state index is 0.0782. The highest BCUT2D eigenvalue weighted by molar-refractivity contribution is 5.95. The lowest BCUT2D eigenvalue weighted by molar-refractivity contribution is -0.130. The van der Waals surface area contributed by atoms with E-state index in [2.05, 4.69) is 0 Å². The fourth-order valence-electron chi connectivity index (χ4n) is 3.59. The molecule has 2 fully saturated rings. The number of carbonyl (C=O) groups is 2. The van der Waals surface area contributed by atoms with Crippen molar-refractivity contribution in [3.05, 3.63) is 35.1 Å². The number of nitrogens with zero attached hydrogens (tertiary/aromatic N) is 2. The van der Waals surface area contributed by atoms with Gasteiger partial charge in [0.2, 0.25) is 5.91 Å². The third-order valence-electron chi connectivity index (χ3n) is 5.17. The van der Waals surface area contributed by atoms with Gasteiger partial charge in [0.05, 0.1) is 0 Å². The monoisotopic (exact) mass is 347 g/mol. The second kappa shape index (κ2) is 7.12. The van der Waals surface area contributed by atoms with Crippen LogP contribution >= 0.6 is 0 Å². The Labute approximate surface area is 148 Å². The largest absolute Gasteiger partial charge is 0.343 e. The number of carbonyl (C=O) groups excluding carboxylic acids is 2. The van der Waals surface area contributed by atoms with Crippen LogP contribution in [-0.4, -0.2) is 46.8 Å². The molecule has 0 spiro atoms. The molecule has 25 heavy (non-hydrogen) atoms. The lowest BCUT2D eigenvalue weighted by Gasteiger charge is -2.38. The summed E-state index contributed by atoms with van der Waals surface area (Å²) in [6.45, 7) is 4.70. The van der Waals surface area contributed by atoms with E-state index in [0.29, 0.717) is 24.2 Å². The Bertz CT molecular complexity index is 665. The van der Waals surface area contributed by atoms with Gasteiger partial charge in [0.15, 0.2) is 0 Å². The van der Waals surface area contributed by atoms with Crippen LogP contribution in [0.3, 0.4) is 0 Å². The zero-order chi connectivity index (χ0) is 18.1. The average molecular weight is 347 g/mol. The molecule has 1 saturated heterocycles. The van der Waals surface area contributed by atoms with E-state index in [1.165, 1.54) is 12.1 Å². The maximum atomic E-state index is 13.9. The van der Waals surface area contributed by atoms with Crippen molar-refractivity contribution < 1.29 is 14.0 Å². The second-order valence-electron chi connectivity index (χ2n) is 7.24.